The minimum atomic E-state index is -0.193. The molecule has 20 heavy (non-hydrogen) atoms. The molecule has 1 atom stereocenters. The van der Waals surface area contributed by atoms with E-state index in [-0.39, 0.29) is 17.3 Å². The van der Waals surface area contributed by atoms with E-state index in [0.29, 0.717) is 18.2 Å². The van der Waals surface area contributed by atoms with Crippen LogP contribution in [0.3, 0.4) is 0 Å². The van der Waals surface area contributed by atoms with Crippen molar-refractivity contribution in [3.05, 3.63) is 23.8 Å². The Kier molecular flexibility index (Phi) is 4.46. The lowest BCUT2D eigenvalue weighted by molar-refractivity contribution is 0.0881. The maximum atomic E-state index is 12.0. The second-order valence-corrected chi connectivity index (χ2v) is 5.38. The van der Waals surface area contributed by atoms with Crippen LogP contribution in [0.25, 0.3) is 0 Å². The van der Waals surface area contributed by atoms with E-state index in [9.17, 15) is 9.90 Å². The standard InChI is InChI=1S/C14H22N4O2/c1-17-5-6-18(2)11(9-17)8-16-14(20)10-3-4-12(15)13(19)7-10/h3-4,7,11,19H,5-6,8-9,15H2,1-2H3,(H,16,20). The Morgan fingerprint density at radius 3 is 2.90 bits per heavy atom. The van der Waals surface area contributed by atoms with E-state index in [1.54, 1.807) is 6.07 Å². The zero-order valence-corrected chi connectivity index (χ0v) is 12.0. The molecule has 0 aliphatic carbocycles. The highest BCUT2D eigenvalue weighted by atomic mass is 16.3. The molecule has 1 aliphatic heterocycles. The quantitative estimate of drug-likeness (QED) is 0.533. The Morgan fingerprint density at radius 2 is 2.20 bits per heavy atom. The molecule has 0 aromatic heterocycles. The molecule has 1 amide bonds. The topological polar surface area (TPSA) is 81.8 Å². The van der Waals surface area contributed by atoms with Crippen molar-refractivity contribution in [1.82, 2.24) is 15.1 Å². The van der Waals surface area contributed by atoms with Crippen LogP contribution in [0.1, 0.15) is 10.4 Å². The van der Waals surface area contributed by atoms with Gasteiger partial charge < -0.3 is 21.1 Å². The lowest BCUT2D eigenvalue weighted by Gasteiger charge is -2.37. The van der Waals surface area contributed by atoms with Gasteiger partial charge in [0.15, 0.2) is 0 Å². The van der Waals surface area contributed by atoms with Crippen LogP contribution in [0.2, 0.25) is 0 Å². The third kappa shape index (κ3) is 3.40. The number of carbonyl (C=O) groups excluding carboxylic acids is 1. The molecular formula is C14H22N4O2. The smallest absolute Gasteiger partial charge is 0.251 e. The molecular weight excluding hydrogens is 256 g/mol. The number of rotatable bonds is 3. The molecule has 1 unspecified atom stereocenters. The van der Waals surface area contributed by atoms with E-state index < -0.39 is 0 Å². The molecule has 110 valence electrons. The summed E-state index contributed by atoms with van der Waals surface area (Å²) in [5.41, 5.74) is 6.21. The Bertz CT molecular complexity index is 492. The van der Waals surface area contributed by atoms with E-state index in [2.05, 4.69) is 29.2 Å². The summed E-state index contributed by atoms with van der Waals surface area (Å²) in [4.78, 5) is 16.6. The third-order valence-electron chi connectivity index (χ3n) is 3.77. The summed E-state index contributed by atoms with van der Waals surface area (Å²) in [5.74, 6) is -0.255. The summed E-state index contributed by atoms with van der Waals surface area (Å²) < 4.78 is 0. The Hall–Kier alpha value is -1.79. The summed E-state index contributed by atoms with van der Waals surface area (Å²) in [5, 5.41) is 12.4. The van der Waals surface area contributed by atoms with Crippen LogP contribution in [0.5, 0.6) is 5.75 Å². The third-order valence-corrected chi connectivity index (χ3v) is 3.77. The van der Waals surface area contributed by atoms with Crippen molar-refractivity contribution in [2.75, 3.05) is 46.0 Å². The number of nitrogens with zero attached hydrogens (tertiary/aromatic N) is 2. The predicted molar refractivity (Wildman–Crippen MR) is 78.8 cm³/mol. The van der Waals surface area contributed by atoms with Crippen LogP contribution < -0.4 is 11.1 Å². The Balaban J connectivity index is 1.92. The summed E-state index contributed by atoms with van der Waals surface area (Å²) in [6.45, 7) is 3.57. The molecule has 1 aromatic rings. The first-order valence-electron chi connectivity index (χ1n) is 6.73. The minimum Gasteiger partial charge on any atom is -0.506 e. The molecule has 4 N–H and O–H groups in total. The zero-order chi connectivity index (χ0) is 14.7. The molecule has 2 rings (SSSR count). The van der Waals surface area contributed by atoms with Crippen LogP contribution >= 0.6 is 0 Å². The molecule has 1 aromatic carbocycles. The van der Waals surface area contributed by atoms with Gasteiger partial charge in [-0.3, -0.25) is 9.69 Å². The van der Waals surface area contributed by atoms with Gasteiger partial charge in [-0.1, -0.05) is 0 Å². The Morgan fingerprint density at radius 1 is 1.45 bits per heavy atom. The lowest BCUT2D eigenvalue weighted by Crippen LogP contribution is -2.54. The van der Waals surface area contributed by atoms with Crippen LogP contribution in [0.15, 0.2) is 18.2 Å². The SMILES string of the molecule is CN1CCN(C)C(CNC(=O)c2ccc(N)c(O)c2)C1. The number of hydrogen-bond donors (Lipinski definition) is 3. The van der Waals surface area contributed by atoms with Crippen LogP contribution in [-0.4, -0.2) is 67.1 Å². The van der Waals surface area contributed by atoms with Gasteiger partial charge in [0, 0.05) is 37.8 Å². The van der Waals surface area contributed by atoms with Crippen LogP contribution in [-0.2, 0) is 0 Å². The fourth-order valence-corrected chi connectivity index (χ4v) is 2.32. The highest BCUT2D eigenvalue weighted by Gasteiger charge is 2.22. The van der Waals surface area contributed by atoms with Crippen molar-refractivity contribution >= 4 is 11.6 Å². The summed E-state index contributed by atoms with van der Waals surface area (Å²) >= 11 is 0. The van der Waals surface area contributed by atoms with Gasteiger partial charge in [-0.2, -0.15) is 0 Å². The Labute approximate surface area is 119 Å². The fourth-order valence-electron chi connectivity index (χ4n) is 2.32. The van der Waals surface area contributed by atoms with E-state index in [1.807, 2.05) is 0 Å². The highest BCUT2D eigenvalue weighted by Crippen LogP contribution is 2.20. The van der Waals surface area contributed by atoms with Gasteiger partial charge in [-0.05, 0) is 32.3 Å². The molecule has 6 nitrogen and oxygen atoms in total. The van der Waals surface area contributed by atoms with Crippen molar-refractivity contribution < 1.29 is 9.90 Å². The molecule has 1 aliphatic rings. The van der Waals surface area contributed by atoms with E-state index in [4.69, 9.17) is 5.73 Å². The number of phenols is 1. The van der Waals surface area contributed by atoms with Crippen LogP contribution in [0, 0.1) is 0 Å². The fraction of sp³-hybridized carbons (Fsp3) is 0.500. The molecule has 0 spiro atoms. The van der Waals surface area contributed by atoms with E-state index in [1.165, 1.54) is 12.1 Å². The molecule has 6 heteroatoms. The maximum absolute atomic E-state index is 12.0. The van der Waals surface area contributed by atoms with Crippen molar-refractivity contribution in [3.63, 3.8) is 0 Å². The number of nitrogens with one attached hydrogen (secondary N) is 1. The first kappa shape index (κ1) is 14.6. The first-order valence-corrected chi connectivity index (χ1v) is 6.73. The molecule has 1 saturated heterocycles. The van der Waals surface area contributed by atoms with Gasteiger partial charge in [0.2, 0.25) is 0 Å². The number of piperazine rings is 1. The number of amides is 1. The molecule has 0 radical (unpaired) electrons. The summed E-state index contributed by atoms with van der Waals surface area (Å²) in [6.07, 6.45) is 0. The number of nitrogen functional groups attached to an aromatic ring is 1. The van der Waals surface area contributed by atoms with Gasteiger partial charge >= 0.3 is 0 Å². The van der Waals surface area contributed by atoms with Crippen LogP contribution in [0.4, 0.5) is 5.69 Å². The normalized spacial score (nSPS) is 20.8. The molecule has 0 saturated carbocycles. The van der Waals surface area contributed by atoms with Gasteiger partial charge in [0.1, 0.15) is 5.75 Å². The maximum Gasteiger partial charge on any atom is 0.251 e. The average Bonchev–Trinajstić information content (AvgIpc) is 2.42. The largest absolute Gasteiger partial charge is 0.506 e. The second kappa shape index (κ2) is 6.11. The van der Waals surface area contributed by atoms with Crippen molar-refractivity contribution in [3.8, 4) is 5.75 Å². The highest BCUT2D eigenvalue weighted by molar-refractivity contribution is 5.95. The van der Waals surface area contributed by atoms with E-state index in [0.717, 1.165) is 19.6 Å². The zero-order valence-electron chi connectivity index (χ0n) is 12.0. The summed E-state index contributed by atoms with van der Waals surface area (Å²) in [6, 6.07) is 4.84. The number of anilines is 1. The first-order chi connectivity index (χ1) is 9.47. The van der Waals surface area contributed by atoms with Gasteiger partial charge in [0.25, 0.3) is 5.91 Å². The minimum absolute atomic E-state index is 0.0628. The van der Waals surface area contributed by atoms with Crippen molar-refractivity contribution in [1.29, 1.82) is 0 Å². The number of carbonyl (C=O) groups is 1. The average molecular weight is 278 g/mol. The lowest BCUT2D eigenvalue weighted by atomic mass is 10.1. The van der Waals surface area contributed by atoms with Gasteiger partial charge in [-0.15, -0.1) is 0 Å². The number of aromatic hydroxyl groups is 1. The molecule has 1 heterocycles. The number of hydrogen-bond acceptors (Lipinski definition) is 5. The second-order valence-electron chi connectivity index (χ2n) is 5.38. The number of likely N-dealkylation sites (N-methyl/N-ethyl adjacent to an activating group) is 2. The summed E-state index contributed by atoms with van der Waals surface area (Å²) in [7, 11) is 4.15. The molecule has 0 bridgehead atoms. The van der Waals surface area contributed by atoms with Crippen molar-refractivity contribution in [2.45, 2.75) is 6.04 Å². The number of phenolic OH excluding ortho intramolecular Hbond substituents is 1. The van der Waals surface area contributed by atoms with Gasteiger partial charge in [0.05, 0.1) is 5.69 Å². The number of nitrogens with two attached hydrogens (primary N) is 1. The van der Waals surface area contributed by atoms with Gasteiger partial charge in [-0.25, -0.2) is 0 Å². The van der Waals surface area contributed by atoms with E-state index >= 15 is 0 Å². The number of benzene rings is 1. The monoisotopic (exact) mass is 278 g/mol. The van der Waals surface area contributed by atoms with Crippen molar-refractivity contribution in [2.24, 2.45) is 0 Å². The predicted octanol–water partition coefficient (Wildman–Crippen LogP) is -0.0500. The molecule has 1 fully saturated rings.